The van der Waals surface area contributed by atoms with Crippen molar-refractivity contribution < 1.29 is 19.1 Å². The maximum atomic E-state index is 10.8. The minimum Gasteiger partial charge on any atom is -0.465 e. The van der Waals surface area contributed by atoms with E-state index in [9.17, 15) is 9.59 Å². The van der Waals surface area contributed by atoms with Crippen LogP contribution in [0.25, 0.3) is 0 Å². The zero-order chi connectivity index (χ0) is 16.3. The number of carbonyl (C=O) groups excluding carboxylic acids is 2. The van der Waals surface area contributed by atoms with Crippen molar-refractivity contribution in [3.05, 3.63) is 0 Å². The molecular weight excluding hydrogens is 256 g/mol. The molecule has 20 heavy (non-hydrogen) atoms. The summed E-state index contributed by atoms with van der Waals surface area (Å²) in [7, 11) is 0. The van der Waals surface area contributed by atoms with Crippen molar-refractivity contribution in [1.29, 1.82) is 0 Å². The van der Waals surface area contributed by atoms with E-state index in [2.05, 4.69) is 0 Å². The Morgan fingerprint density at radius 3 is 1.65 bits per heavy atom. The van der Waals surface area contributed by atoms with Gasteiger partial charge in [-0.15, -0.1) is 0 Å². The van der Waals surface area contributed by atoms with Crippen molar-refractivity contribution in [1.82, 2.24) is 0 Å². The molecule has 0 unspecified atom stereocenters. The third-order valence-corrected chi connectivity index (χ3v) is 1.97. The molecule has 0 saturated heterocycles. The van der Waals surface area contributed by atoms with E-state index in [4.69, 9.17) is 9.47 Å². The summed E-state index contributed by atoms with van der Waals surface area (Å²) < 4.78 is 9.85. The molecule has 0 aliphatic carbocycles. The second-order valence-corrected chi connectivity index (χ2v) is 6.32. The number of ether oxygens (including phenoxy) is 2. The number of esters is 2. The van der Waals surface area contributed by atoms with Crippen LogP contribution in [0, 0.1) is 17.8 Å². The summed E-state index contributed by atoms with van der Waals surface area (Å²) in [6.45, 7) is 16.0. The predicted octanol–water partition coefficient (Wildman–Crippen LogP) is 3.83. The van der Waals surface area contributed by atoms with Gasteiger partial charge in [0.05, 0.1) is 18.6 Å². The van der Waals surface area contributed by atoms with Gasteiger partial charge >= 0.3 is 11.9 Å². The van der Waals surface area contributed by atoms with E-state index in [0.29, 0.717) is 24.9 Å². The fourth-order valence-electron chi connectivity index (χ4n) is 1.06. The molecule has 0 amide bonds. The largest absolute Gasteiger partial charge is 0.465 e. The zero-order valence-electron chi connectivity index (χ0n) is 14.4. The van der Waals surface area contributed by atoms with Crippen LogP contribution in [0.4, 0.5) is 0 Å². The number of carbonyl (C=O) groups is 2. The van der Waals surface area contributed by atoms with E-state index >= 15 is 0 Å². The molecule has 0 bridgehead atoms. The van der Waals surface area contributed by atoms with Crippen molar-refractivity contribution in [2.75, 3.05) is 6.61 Å². The first-order chi connectivity index (χ1) is 9.06. The van der Waals surface area contributed by atoms with Crippen LogP contribution in [0.2, 0.25) is 0 Å². The molecule has 0 N–H and O–H groups in total. The van der Waals surface area contributed by atoms with Gasteiger partial charge in [0.2, 0.25) is 0 Å². The molecule has 4 nitrogen and oxygen atoms in total. The van der Waals surface area contributed by atoms with Crippen LogP contribution in [0.15, 0.2) is 0 Å². The second-order valence-electron chi connectivity index (χ2n) is 6.32. The molecule has 0 spiro atoms. The van der Waals surface area contributed by atoms with Gasteiger partial charge in [-0.2, -0.15) is 0 Å². The lowest BCUT2D eigenvalue weighted by atomic mass is 10.1. The van der Waals surface area contributed by atoms with Gasteiger partial charge in [0.1, 0.15) is 0 Å². The summed E-state index contributed by atoms with van der Waals surface area (Å²) in [6, 6.07) is 0. The van der Waals surface area contributed by atoms with Gasteiger partial charge < -0.3 is 9.47 Å². The minimum atomic E-state index is -0.103. The highest BCUT2D eigenvalue weighted by atomic mass is 16.5. The molecule has 4 heteroatoms. The monoisotopic (exact) mass is 288 g/mol. The average Bonchev–Trinajstić information content (AvgIpc) is 2.23. The smallest absolute Gasteiger partial charge is 0.308 e. The van der Waals surface area contributed by atoms with Gasteiger partial charge in [-0.3, -0.25) is 9.59 Å². The van der Waals surface area contributed by atoms with Crippen LogP contribution < -0.4 is 0 Å². The minimum absolute atomic E-state index is 0.00116. The third kappa shape index (κ3) is 16.9. The van der Waals surface area contributed by atoms with Crippen molar-refractivity contribution in [2.24, 2.45) is 17.8 Å². The van der Waals surface area contributed by atoms with Crippen molar-refractivity contribution in [3.8, 4) is 0 Å². The lowest BCUT2D eigenvalue weighted by Gasteiger charge is -2.08. The predicted molar refractivity (Wildman–Crippen MR) is 81.3 cm³/mol. The third-order valence-electron chi connectivity index (χ3n) is 1.97. The Kier molecular flexibility index (Phi) is 12.5. The van der Waals surface area contributed by atoms with Gasteiger partial charge in [-0.25, -0.2) is 0 Å². The van der Waals surface area contributed by atoms with E-state index < -0.39 is 0 Å². The van der Waals surface area contributed by atoms with Crippen LogP contribution in [-0.2, 0) is 19.1 Å². The SMILES string of the molecule is CC(C)CC(=O)OC(C)C.CC(C)COC(=O)C(C)C. The Labute approximate surface area is 124 Å². The first kappa shape index (κ1) is 21.2. The van der Waals surface area contributed by atoms with Gasteiger partial charge in [0, 0.05) is 6.42 Å². The lowest BCUT2D eigenvalue weighted by molar-refractivity contribution is -0.149. The van der Waals surface area contributed by atoms with Crippen LogP contribution in [0.1, 0.15) is 61.8 Å². The van der Waals surface area contributed by atoms with Crippen molar-refractivity contribution in [2.45, 2.75) is 67.9 Å². The maximum absolute atomic E-state index is 10.8. The normalized spacial score (nSPS) is 10.6. The van der Waals surface area contributed by atoms with Gasteiger partial charge in [-0.05, 0) is 25.7 Å². The summed E-state index contributed by atoms with van der Waals surface area (Å²) in [5, 5.41) is 0. The van der Waals surface area contributed by atoms with E-state index in [-0.39, 0.29) is 24.0 Å². The fourth-order valence-corrected chi connectivity index (χ4v) is 1.06. The Morgan fingerprint density at radius 1 is 0.850 bits per heavy atom. The second kappa shape index (κ2) is 11.7. The molecule has 0 aromatic rings. The molecule has 0 aromatic heterocycles. The van der Waals surface area contributed by atoms with Crippen molar-refractivity contribution >= 4 is 11.9 Å². The molecule has 0 radical (unpaired) electrons. The number of hydrogen-bond acceptors (Lipinski definition) is 4. The van der Waals surface area contributed by atoms with E-state index in [1.54, 1.807) is 0 Å². The highest BCUT2D eigenvalue weighted by molar-refractivity contribution is 5.71. The fraction of sp³-hybridized carbons (Fsp3) is 0.875. The molecule has 0 saturated carbocycles. The quantitative estimate of drug-likeness (QED) is 0.697. The van der Waals surface area contributed by atoms with Crippen LogP contribution in [0.3, 0.4) is 0 Å². The van der Waals surface area contributed by atoms with Gasteiger partial charge in [0.25, 0.3) is 0 Å². The molecule has 0 atom stereocenters. The Morgan fingerprint density at radius 2 is 1.35 bits per heavy atom. The summed E-state index contributed by atoms with van der Waals surface area (Å²) in [6.07, 6.45) is 0.546. The molecular formula is C16H32O4. The Balaban J connectivity index is 0. The molecule has 0 aromatic carbocycles. The van der Waals surface area contributed by atoms with E-state index in [0.717, 1.165) is 0 Å². The molecule has 0 aliphatic rings. The molecule has 0 rings (SSSR count). The lowest BCUT2D eigenvalue weighted by Crippen LogP contribution is -2.14. The Bertz CT molecular complexity index is 256. The Hall–Kier alpha value is -1.06. The number of hydrogen-bond donors (Lipinski definition) is 0. The van der Waals surface area contributed by atoms with Crippen LogP contribution in [0.5, 0.6) is 0 Å². The standard InChI is InChI=1S/2C8H16O2/c1-6(2)5-10-8(9)7(3)4;1-6(2)5-8(9)10-7(3)4/h2*6-7H,5H2,1-4H3. The van der Waals surface area contributed by atoms with Crippen LogP contribution >= 0.6 is 0 Å². The topological polar surface area (TPSA) is 52.6 Å². The summed E-state index contributed by atoms with van der Waals surface area (Å²) in [5.41, 5.74) is 0. The highest BCUT2D eigenvalue weighted by Gasteiger charge is 2.08. The summed E-state index contributed by atoms with van der Waals surface area (Å²) >= 11 is 0. The summed E-state index contributed by atoms with van der Waals surface area (Å²) in [5.74, 6) is 0.631. The first-order valence-corrected chi connectivity index (χ1v) is 7.42. The highest BCUT2D eigenvalue weighted by Crippen LogP contribution is 2.02. The zero-order valence-corrected chi connectivity index (χ0v) is 14.4. The summed E-state index contributed by atoms with van der Waals surface area (Å²) in [4.78, 5) is 21.7. The maximum Gasteiger partial charge on any atom is 0.308 e. The van der Waals surface area contributed by atoms with E-state index in [1.807, 2.05) is 55.4 Å². The molecule has 0 heterocycles. The molecule has 0 fully saturated rings. The number of rotatable bonds is 6. The van der Waals surface area contributed by atoms with E-state index in [1.165, 1.54) is 0 Å². The van der Waals surface area contributed by atoms with Crippen LogP contribution in [-0.4, -0.2) is 24.6 Å². The molecule has 120 valence electrons. The van der Waals surface area contributed by atoms with Crippen molar-refractivity contribution in [3.63, 3.8) is 0 Å². The molecule has 0 aliphatic heterocycles. The van der Waals surface area contributed by atoms with Gasteiger partial charge in [-0.1, -0.05) is 41.5 Å². The van der Waals surface area contributed by atoms with Gasteiger partial charge in [0.15, 0.2) is 0 Å². The average molecular weight is 288 g/mol. The first-order valence-electron chi connectivity index (χ1n) is 7.42.